The average Bonchev–Trinajstić information content (AvgIpc) is 2.21. The smallest absolute Gasteiger partial charge is 0.319 e. The minimum absolute atomic E-state index is 0.250. The van der Waals surface area contributed by atoms with Gasteiger partial charge in [-0.25, -0.2) is 4.79 Å². The van der Waals surface area contributed by atoms with Gasteiger partial charge in [-0.05, 0) is 19.1 Å². The van der Waals surface area contributed by atoms with Gasteiger partial charge in [-0.1, -0.05) is 29.9 Å². The van der Waals surface area contributed by atoms with Gasteiger partial charge in [0.05, 0.1) is 4.99 Å². The van der Waals surface area contributed by atoms with E-state index in [0.29, 0.717) is 18.0 Å². The summed E-state index contributed by atoms with van der Waals surface area (Å²) in [5, 5.41) is 5.37. The van der Waals surface area contributed by atoms with Crippen molar-refractivity contribution in [2.45, 2.75) is 13.3 Å². The zero-order valence-corrected chi connectivity index (χ0v) is 9.93. The molecule has 0 heterocycles. The van der Waals surface area contributed by atoms with Crippen LogP contribution < -0.4 is 16.4 Å². The first-order valence-electron chi connectivity index (χ1n) is 4.98. The molecule has 0 bridgehead atoms. The molecule has 5 heteroatoms. The van der Waals surface area contributed by atoms with Crippen LogP contribution in [-0.2, 0) is 0 Å². The van der Waals surface area contributed by atoms with Gasteiger partial charge in [0, 0.05) is 18.7 Å². The lowest BCUT2D eigenvalue weighted by Crippen LogP contribution is -2.31. The van der Waals surface area contributed by atoms with Crippen LogP contribution in [0.1, 0.15) is 12.0 Å². The van der Waals surface area contributed by atoms with E-state index in [2.05, 4.69) is 10.6 Å². The second kappa shape index (κ2) is 6.07. The molecule has 0 aliphatic heterocycles. The third-order valence-electron chi connectivity index (χ3n) is 1.97. The van der Waals surface area contributed by atoms with Gasteiger partial charge in [0.25, 0.3) is 0 Å². The van der Waals surface area contributed by atoms with Crippen LogP contribution in [-0.4, -0.2) is 17.6 Å². The molecule has 0 atom stereocenters. The Bertz CT molecular complexity index is 375. The van der Waals surface area contributed by atoms with Gasteiger partial charge in [-0.15, -0.1) is 0 Å². The Labute approximate surface area is 100 Å². The molecule has 0 saturated carbocycles. The maximum atomic E-state index is 11.4. The van der Waals surface area contributed by atoms with Gasteiger partial charge >= 0.3 is 6.03 Å². The van der Waals surface area contributed by atoms with E-state index < -0.39 is 0 Å². The highest BCUT2D eigenvalue weighted by atomic mass is 32.1. The van der Waals surface area contributed by atoms with Gasteiger partial charge < -0.3 is 16.4 Å². The van der Waals surface area contributed by atoms with E-state index in [1.165, 1.54) is 0 Å². The molecule has 1 aromatic carbocycles. The molecule has 1 aromatic rings. The molecule has 16 heavy (non-hydrogen) atoms. The highest BCUT2D eigenvalue weighted by Gasteiger charge is 2.00. The number of nitrogens with one attached hydrogen (secondary N) is 2. The summed E-state index contributed by atoms with van der Waals surface area (Å²) in [6.07, 6.45) is 0.511. The van der Waals surface area contributed by atoms with E-state index in [1.807, 2.05) is 31.2 Å². The first-order chi connectivity index (χ1) is 7.58. The molecule has 0 radical (unpaired) electrons. The number of anilines is 1. The number of carbonyl (C=O) groups is 1. The lowest BCUT2D eigenvalue weighted by atomic mass is 10.2. The third kappa shape index (κ3) is 4.75. The first kappa shape index (κ1) is 12.4. The lowest BCUT2D eigenvalue weighted by molar-refractivity contribution is 0.252. The molecule has 4 N–H and O–H groups in total. The molecular weight excluding hydrogens is 222 g/mol. The van der Waals surface area contributed by atoms with Crippen molar-refractivity contribution in [3.05, 3.63) is 29.8 Å². The second-order valence-corrected chi connectivity index (χ2v) is 3.99. The maximum absolute atomic E-state index is 11.4. The third-order valence-corrected chi connectivity index (χ3v) is 2.17. The van der Waals surface area contributed by atoms with Crippen molar-refractivity contribution in [1.82, 2.24) is 5.32 Å². The lowest BCUT2D eigenvalue weighted by Gasteiger charge is -2.07. The molecule has 2 amide bonds. The van der Waals surface area contributed by atoms with Gasteiger partial charge in [-0.3, -0.25) is 0 Å². The van der Waals surface area contributed by atoms with Crippen molar-refractivity contribution in [3.63, 3.8) is 0 Å². The van der Waals surface area contributed by atoms with Gasteiger partial charge in [-0.2, -0.15) is 0 Å². The van der Waals surface area contributed by atoms with Crippen molar-refractivity contribution in [2.75, 3.05) is 11.9 Å². The number of aryl methyl sites for hydroxylation is 1. The number of carbonyl (C=O) groups excluding carboxylic acids is 1. The first-order valence-corrected chi connectivity index (χ1v) is 5.38. The minimum atomic E-state index is -0.250. The summed E-state index contributed by atoms with van der Waals surface area (Å²) in [4.78, 5) is 11.8. The Balaban J connectivity index is 2.34. The summed E-state index contributed by atoms with van der Waals surface area (Å²) in [7, 11) is 0. The summed E-state index contributed by atoms with van der Waals surface area (Å²) in [5.74, 6) is 0. The number of hydrogen-bond donors (Lipinski definition) is 3. The molecule has 1 rings (SSSR count). The van der Waals surface area contributed by atoms with Crippen LogP contribution in [0.2, 0.25) is 0 Å². The molecule has 0 aliphatic rings. The largest absolute Gasteiger partial charge is 0.393 e. The number of amides is 2. The van der Waals surface area contributed by atoms with E-state index >= 15 is 0 Å². The van der Waals surface area contributed by atoms with Crippen molar-refractivity contribution >= 4 is 28.9 Å². The molecule has 0 fully saturated rings. The molecule has 0 aliphatic carbocycles. The molecule has 0 spiro atoms. The van der Waals surface area contributed by atoms with Crippen molar-refractivity contribution in [3.8, 4) is 0 Å². The fourth-order valence-corrected chi connectivity index (χ4v) is 1.21. The summed E-state index contributed by atoms with van der Waals surface area (Å²) in [6.45, 7) is 2.44. The van der Waals surface area contributed by atoms with Crippen LogP contribution in [0, 0.1) is 6.92 Å². The van der Waals surface area contributed by atoms with Gasteiger partial charge in [0.1, 0.15) is 0 Å². The van der Waals surface area contributed by atoms with Crippen LogP contribution >= 0.6 is 12.2 Å². The predicted molar refractivity (Wildman–Crippen MR) is 69.6 cm³/mol. The Morgan fingerprint density at radius 3 is 2.56 bits per heavy atom. The Morgan fingerprint density at radius 2 is 2.00 bits per heavy atom. The molecule has 86 valence electrons. The highest BCUT2D eigenvalue weighted by Crippen LogP contribution is 2.07. The summed E-state index contributed by atoms with van der Waals surface area (Å²) in [5.41, 5.74) is 7.22. The Kier molecular flexibility index (Phi) is 4.72. The van der Waals surface area contributed by atoms with E-state index in [9.17, 15) is 4.79 Å². The number of benzene rings is 1. The zero-order valence-electron chi connectivity index (χ0n) is 9.12. The summed E-state index contributed by atoms with van der Waals surface area (Å²) >= 11 is 4.70. The molecular formula is C11H15N3OS. The monoisotopic (exact) mass is 237 g/mol. The van der Waals surface area contributed by atoms with E-state index in [1.54, 1.807) is 0 Å². The summed E-state index contributed by atoms with van der Waals surface area (Å²) in [6, 6.07) is 7.32. The fourth-order valence-electron chi connectivity index (χ4n) is 1.11. The fraction of sp³-hybridized carbons (Fsp3) is 0.273. The van der Waals surface area contributed by atoms with Gasteiger partial charge in [0.2, 0.25) is 0 Å². The number of nitrogens with two attached hydrogens (primary N) is 1. The van der Waals surface area contributed by atoms with Crippen LogP contribution in [0.5, 0.6) is 0 Å². The van der Waals surface area contributed by atoms with Crippen LogP contribution in [0.3, 0.4) is 0 Å². The highest BCUT2D eigenvalue weighted by molar-refractivity contribution is 7.80. The van der Waals surface area contributed by atoms with Crippen LogP contribution in [0.15, 0.2) is 24.3 Å². The topological polar surface area (TPSA) is 67.2 Å². The number of thiocarbonyl (C=S) groups is 1. The second-order valence-electron chi connectivity index (χ2n) is 3.46. The van der Waals surface area contributed by atoms with Crippen LogP contribution in [0.25, 0.3) is 0 Å². The Hall–Kier alpha value is -1.62. The predicted octanol–water partition coefficient (Wildman–Crippen LogP) is 1.79. The Morgan fingerprint density at radius 1 is 1.38 bits per heavy atom. The average molecular weight is 237 g/mol. The number of rotatable bonds is 4. The van der Waals surface area contributed by atoms with E-state index in [-0.39, 0.29) is 6.03 Å². The minimum Gasteiger partial charge on any atom is -0.393 e. The van der Waals surface area contributed by atoms with E-state index in [4.69, 9.17) is 18.0 Å². The maximum Gasteiger partial charge on any atom is 0.319 e. The number of hydrogen-bond acceptors (Lipinski definition) is 2. The summed E-state index contributed by atoms with van der Waals surface area (Å²) < 4.78 is 0. The zero-order chi connectivity index (χ0) is 12.0. The molecule has 0 saturated heterocycles. The standard InChI is InChI=1S/C11H15N3OS/c1-8-2-4-9(5-3-8)14-11(15)13-7-6-10(12)16/h2-5H,6-7H2,1H3,(H2,12,16)(H2,13,14,15). The normalized spacial score (nSPS) is 9.56. The van der Waals surface area contributed by atoms with Gasteiger partial charge in [0.15, 0.2) is 0 Å². The quantitative estimate of drug-likeness (QED) is 0.699. The molecule has 0 unspecified atom stereocenters. The molecule has 4 nitrogen and oxygen atoms in total. The molecule has 0 aromatic heterocycles. The van der Waals surface area contributed by atoms with Crippen molar-refractivity contribution < 1.29 is 4.79 Å². The SMILES string of the molecule is Cc1ccc(NC(=O)NCCC(N)=S)cc1. The number of urea groups is 1. The van der Waals surface area contributed by atoms with E-state index in [0.717, 1.165) is 11.3 Å². The van der Waals surface area contributed by atoms with Crippen molar-refractivity contribution in [1.29, 1.82) is 0 Å². The van der Waals surface area contributed by atoms with Crippen LogP contribution in [0.4, 0.5) is 10.5 Å². The van der Waals surface area contributed by atoms with Crippen molar-refractivity contribution in [2.24, 2.45) is 5.73 Å².